The number of carbonyl (C=O) groups is 1. The van der Waals surface area contributed by atoms with Crippen LogP contribution in [0, 0.1) is 0 Å². The van der Waals surface area contributed by atoms with Crippen LogP contribution in [0.2, 0.25) is 0 Å². The van der Waals surface area contributed by atoms with Gasteiger partial charge in [0.25, 0.3) is 0 Å². The molecule has 0 bridgehead atoms. The van der Waals surface area contributed by atoms with Crippen molar-refractivity contribution in [3.05, 3.63) is 11.6 Å². The maximum Gasteiger partial charge on any atom is 0.333 e. The Kier molecular flexibility index (Phi) is 11.7. The van der Waals surface area contributed by atoms with Crippen molar-refractivity contribution in [3.63, 3.8) is 0 Å². The Bertz CT molecular complexity index is 259. The third-order valence-corrected chi connectivity index (χ3v) is 3.08. The summed E-state index contributed by atoms with van der Waals surface area (Å²) in [5, 5.41) is 0. The number of unbranched alkanes of at least 4 members (excludes halogenated alkanes) is 5. The van der Waals surface area contributed by atoms with E-state index in [0.29, 0.717) is 6.61 Å². The molecule has 0 atom stereocenters. The predicted molar refractivity (Wildman–Crippen MR) is 81.3 cm³/mol. The molecule has 0 heterocycles. The lowest BCUT2D eigenvalue weighted by molar-refractivity contribution is -0.139. The molecule has 3 nitrogen and oxygen atoms in total. The Morgan fingerprint density at radius 1 is 1.11 bits per heavy atom. The standard InChI is InChI=1S/C16H31NO2/c1-5-6-7-8-9-10-14-19-16(18)15(2)12-11-13-17(3)4/h12H,5-11,13-14H2,1-4H3. The molecular formula is C16H31NO2. The fraction of sp³-hybridized carbons (Fsp3) is 0.812. The summed E-state index contributed by atoms with van der Waals surface area (Å²) >= 11 is 0. The number of esters is 1. The lowest BCUT2D eigenvalue weighted by Crippen LogP contribution is -2.13. The van der Waals surface area contributed by atoms with Crippen molar-refractivity contribution >= 4 is 5.97 Å². The lowest BCUT2D eigenvalue weighted by Gasteiger charge is -2.08. The van der Waals surface area contributed by atoms with Crippen LogP contribution in [-0.2, 0) is 9.53 Å². The SMILES string of the molecule is CCCCCCCCOC(=O)C(C)=CCCN(C)C. The second kappa shape index (κ2) is 12.2. The lowest BCUT2D eigenvalue weighted by atomic mass is 10.1. The molecule has 0 rings (SSSR count). The van der Waals surface area contributed by atoms with Crippen molar-refractivity contribution in [1.29, 1.82) is 0 Å². The van der Waals surface area contributed by atoms with Gasteiger partial charge in [-0.05, 0) is 33.9 Å². The average Bonchev–Trinajstić information content (AvgIpc) is 2.36. The Labute approximate surface area is 119 Å². The van der Waals surface area contributed by atoms with Gasteiger partial charge in [-0.25, -0.2) is 4.79 Å². The van der Waals surface area contributed by atoms with Gasteiger partial charge < -0.3 is 9.64 Å². The number of rotatable bonds is 11. The summed E-state index contributed by atoms with van der Waals surface area (Å²) in [4.78, 5) is 13.8. The van der Waals surface area contributed by atoms with Gasteiger partial charge in [-0.15, -0.1) is 0 Å². The highest BCUT2D eigenvalue weighted by Crippen LogP contribution is 2.06. The topological polar surface area (TPSA) is 29.5 Å². The van der Waals surface area contributed by atoms with Gasteiger partial charge in [-0.1, -0.05) is 45.1 Å². The number of nitrogens with zero attached hydrogens (tertiary/aromatic N) is 1. The minimum absolute atomic E-state index is 0.160. The van der Waals surface area contributed by atoms with E-state index in [2.05, 4.69) is 11.8 Å². The maximum atomic E-state index is 11.6. The molecule has 0 N–H and O–H groups in total. The van der Waals surface area contributed by atoms with Crippen LogP contribution in [0.15, 0.2) is 11.6 Å². The van der Waals surface area contributed by atoms with Crippen molar-refractivity contribution in [2.24, 2.45) is 0 Å². The van der Waals surface area contributed by atoms with E-state index >= 15 is 0 Å². The summed E-state index contributed by atoms with van der Waals surface area (Å²) in [6.07, 6.45) is 10.1. The fourth-order valence-corrected chi connectivity index (χ4v) is 1.78. The predicted octanol–water partition coefficient (Wildman–Crippen LogP) is 3.79. The van der Waals surface area contributed by atoms with Crippen LogP contribution in [0.3, 0.4) is 0 Å². The van der Waals surface area contributed by atoms with Gasteiger partial charge in [0.1, 0.15) is 0 Å². The molecule has 0 aliphatic heterocycles. The van der Waals surface area contributed by atoms with E-state index in [-0.39, 0.29) is 5.97 Å². The van der Waals surface area contributed by atoms with Crippen molar-refractivity contribution in [2.45, 2.75) is 58.8 Å². The average molecular weight is 269 g/mol. The van der Waals surface area contributed by atoms with E-state index in [0.717, 1.165) is 31.4 Å². The van der Waals surface area contributed by atoms with Crippen LogP contribution in [0.5, 0.6) is 0 Å². The molecule has 0 aromatic carbocycles. The normalized spacial score (nSPS) is 11.9. The molecule has 0 aliphatic rings. The largest absolute Gasteiger partial charge is 0.462 e. The molecule has 0 saturated carbocycles. The van der Waals surface area contributed by atoms with Gasteiger partial charge in [-0.3, -0.25) is 0 Å². The van der Waals surface area contributed by atoms with Crippen LogP contribution < -0.4 is 0 Å². The van der Waals surface area contributed by atoms with Crippen molar-refractivity contribution < 1.29 is 9.53 Å². The summed E-state index contributed by atoms with van der Waals surface area (Å²) in [5.74, 6) is -0.160. The number of ether oxygens (including phenoxy) is 1. The smallest absolute Gasteiger partial charge is 0.333 e. The summed E-state index contributed by atoms with van der Waals surface area (Å²) < 4.78 is 5.25. The summed E-state index contributed by atoms with van der Waals surface area (Å²) in [6.45, 7) is 5.57. The van der Waals surface area contributed by atoms with E-state index in [1.54, 1.807) is 0 Å². The second-order valence-electron chi connectivity index (χ2n) is 5.38. The first kappa shape index (κ1) is 18.2. The zero-order chi connectivity index (χ0) is 14.5. The van der Waals surface area contributed by atoms with E-state index < -0.39 is 0 Å². The van der Waals surface area contributed by atoms with Crippen molar-refractivity contribution in [2.75, 3.05) is 27.2 Å². The first-order valence-electron chi connectivity index (χ1n) is 7.56. The number of hydrogen-bond acceptors (Lipinski definition) is 3. The molecule has 0 aliphatic carbocycles. The third-order valence-electron chi connectivity index (χ3n) is 3.08. The van der Waals surface area contributed by atoms with E-state index in [9.17, 15) is 4.79 Å². The summed E-state index contributed by atoms with van der Waals surface area (Å²) in [7, 11) is 4.06. The van der Waals surface area contributed by atoms with Crippen LogP contribution in [0.4, 0.5) is 0 Å². The zero-order valence-corrected chi connectivity index (χ0v) is 13.2. The van der Waals surface area contributed by atoms with Crippen molar-refractivity contribution in [1.82, 2.24) is 4.90 Å². The fourth-order valence-electron chi connectivity index (χ4n) is 1.78. The summed E-state index contributed by atoms with van der Waals surface area (Å²) in [5.41, 5.74) is 0.729. The minimum atomic E-state index is -0.160. The molecule has 3 heteroatoms. The Morgan fingerprint density at radius 3 is 2.37 bits per heavy atom. The minimum Gasteiger partial charge on any atom is -0.462 e. The summed E-state index contributed by atoms with van der Waals surface area (Å²) in [6, 6.07) is 0. The molecule has 0 radical (unpaired) electrons. The van der Waals surface area contributed by atoms with Gasteiger partial charge >= 0.3 is 5.97 Å². The van der Waals surface area contributed by atoms with Crippen LogP contribution in [-0.4, -0.2) is 38.1 Å². The maximum absolute atomic E-state index is 11.6. The van der Waals surface area contributed by atoms with Gasteiger partial charge in [0.05, 0.1) is 6.61 Å². The quantitative estimate of drug-likeness (QED) is 0.325. The molecular weight excluding hydrogens is 238 g/mol. The van der Waals surface area contributed by atoms with E-state index in [4.69, 9.17) is 4.74 Å². The Balaban J connectivity index is 3.56. The van der Waals surface area contributed by atoms with Gasteiger partial charge in [0.2, 0.25) is 0 Å². The number of carbonyl (C=O) groups excluding carboxylic acids is 1. The van der Waals surface area contributed by atoms with Crippen LogP contribution in [0.25, 0.3) is 0 Å². The molecule has 0 aromatic heterocycles. The van der Waals surface area contributed by atoms with E-state index in [1.807, 2.05) is 27.1 Å². The Hall–Kier alpha value is -0.830. The highest BCUT2D eigenvalue weighted by Gasteiger charge is 2.04. The number of hydrogen-bond donors (Lipinski definition) is 0. The highest BCUT2D eigenvalue weighted by molar-refractivity contribution is 5.87. The van der Waals surface area contributed by atoms with Gasteiger partial charge in [0, 0.05) is 12.1 Å². The van der Waals surface area contributed by atoms with Crippen molar-refractivity contribution in [3.8, 4) is 0 Å². The molecule has 0 aromatic rings. The van der Waals surface area contributed by atoms with Crippen LogP contribution >= 0.6 is 0 Å². The van der Waals surface area contributed by atoms with Crippen LogP contribution in [0.1, 0.15) is 58.8 Å². The third kappa shape index (κ3) is 12.0. The molecule has 112 valence electrons. The molecule has 0 saturated heterocycles. The Morgan fingerprint density at radius 2 is 1.74 bits per heavy atom. The highest BCUT2D eigenvalue weighted by atomic mass is 16.5. The van der Waals surface area contributed by atoms with E-state index in [1.165, 1.54) is 25.7 Å². The van der Waals surface area contributed by atoms with Gasteiger partial charge in [-0.2, -0.15) is 0 Å². The molecule has 0 fully saturated rings. The molecule has 0 amide bonds. The monoisotopic (exact) mass is 269 g/mol. The molecule has 19 heavy (non-hydrogen) atoms. The van der Waals surface area contributed by atoms with Gasteiger partial charge in [0.15, 0.2) is 0 Å². The first-order valence-corrected chi connectivity index (χ1v) is 7.56. The molecule has 0 spiro atoms. The second-order valence-corrected chi connectivity index (χ2v) is 5.38. The molecule has 0 unspecified atom stereocenters. The first-order chi connectivity index (χ1) is 9.07. The zero-order valence-electron chi connectivity index (χ0n) is 13.2.